The number of aromatic nitrogens is 4. The average molecular weight is 327 g/mol. The predicted octanol–water partition coefficient (Wildman–Crippen LogP) is 3.55. The molecule has 0 amide bonds. The van der Waals surface area contributed by atoms with Crippen molar-refractivity contribution in [2.75, 3.05) is 11.9 Å². The van der Waals surface area contributed by atoms with Gasteiger partial charge >= 0.3 is 0 Å². The van der Waals surface area contributed by atoms with Crippen LogP contribution in [0.2, 0.25) is 0 Å². The molecule has 0 aliphatic heterocycles. The molecule has 0 aliphatic rings. The van der Waals surface area contributed by atoms with Crippen LogP contribution in [0.15, 0.2) is 45.8 Å². The lowest BCUT2D eigenvalue weighted by atomic mass is 10.3. The van der Waals surface area contributed by atoms with Crippen LogP contribution in [0.25, 0.3) is 17.0 Å². The van der Waals surface area contributed by atoms with E-state index in [1.807, 2.05) is 35.1 Å². The molecule has 4 rings (SSSR count). The second-order valence-electron chi connectivity index (χ2n) is 4.98. The van der Waals surface area contributed by atoms with E-state index < -0.39 is 0 Å². The minimum Gasteiger partial charge on any atom is -0.354 e. The molecule has 4 aromatic rings. The quantitative estimate of drug-likeness (QED) is 0.575. The van der Waals surface area contributed by atoms with Crippen molar-refractivity contribution in [1.82, 2.24) is 19.8 Å². The topological polar surface area (TPSA) is 46.3 Å². The summed E-state index contributed by atoms with van der Waals surface area (Å²) >= 11 is 3.35. The first kappa shape index (κ1) is 13.4. The molecule has 5 nitrogen and oxygen atoms in total. The highest BCUT2D eigenvalue weighted by atomic mass is 32.1. The molecule has 0 unspecified atom stereocenters. The maximum atomic E-state index is 4.70. The van der Waals surface area contributed by atoms with Gasteiger partial charge in [-0.15, -0.1) is 15.3 Å². The molecule has 0 fully saturated rings. The van der Waals surface area contributed by atoms with Crippen molar-refractivity contribution in [3.63, 3.8) is 0 Å². The van der Waals surface area contributed by atoms with E-state index in [9.17, 15) is 0 Å². The van der Waals surface area contributed by atoms with Crippen molar-refractivity contribution in [2.24, 2.45) is 0 Å². The molecule has 0 saturated carbocycles. The Hall–Kier alpha value is -2.25. The summed E-state index contributed by atoms with van der Waals surface area (Å²) in [7, 11) is 2.04. The van der Waals surface area contributed by atoms with Gasteiger partial charge in [0.25, 0.3) is 0 Å². The van der Waals surface area contributed by atoms with Gasteiger partial charge in [-0.1, -0.05) is 0 Å². The highest BCUT2D eigenvalue weighted by Crippen LogP contribution is 2.22. The summed E-state index contributed by atoms with van der Waals surface area (Å²) < 4.78 is 1.81. The van der Waals surface area contributed by atoms with E-state index in [-0.39, 0.29) is 0 Å². The standard InChI is InChI=1S/C15H13N5S2/c1-19(8-11-4-6-21-9-11)14-3-2-13-16-17-15(20(13)18-14)12-5-7-22-10-12/h2-7,9-10H,8H2,1H3. The number of anilines is 1. The van der Waals surface area contributed by atoms with Crippen LogP contribution in [0.1, 0.15) is 5.56 Å². The SMILES string of the molecule is CN(Cc1ccsc1)c1ccc2nnc(-c3ccsc3)n2n1. The Morgan fingerprint density at radius 1 is 1.05 bits per heavy atom. The maximum absolute atomic E-state index is 4.70. The first-order chi connectivity index (χ1) is 10.8. The van der Waals surface area contributed by atoms with Crippen molar-refractivity contribution < 1.29 is 0 Å². The number of hydrogen-bond acceptors (Lipinski definition) is 6. The van der Waals surface area contributed by atoms with Crippen molar-refractivity contribution in [3.8, 4) is 11.4 Å². The van der Waals surface area contributed by atoms with E-state index in [0.29, 0.717) is 0 Å². The minimum absolute atomic E-state index is 0.758. The maximum Gasteiger partial charge on any atom is 0.186 e. The first-order valence-electron chi connectivity index (χ1n) is 6.78. The molecule has 0 aliphatic carbocycles. The summed E-state index contributed by atoms with van der Waals surface area (Å²) in [6, 6.07) is 8.10. The van der Waals surface area contributed by atoms with Gasteiger partial charge in [-0.05, 0) is 46.0 Å². The van der Waals surface area contributed by atoms with Gasteiger partial charge in [-0.3, -0.25) is 0 Å². The molecule has 0 aromatic carbocycles. The Bertz CT molecular complexity index is 880. The van der Waals surface area contributed by atoms with Gasteiger partial charge in [0.1, 0.15) is 5.82 Å². The Labute approximate surface area is 135 Å². The van der Waals surface area contributed by atoms with Gasteiger partial charge in [-0.2, -0.15) is 27.2 Å². The molecule has 0 bridgehead atoms. The van der Waals surface area contributed by atoms with Crippen LogP contribution < -0.4 is 4.90 Å². The van der Waals surface area contributed by atoms with Crippen LogP contribution in [0.5, 0.6) is 0 Å². The number of thiophene rings is 2. The van der Waals surface area contributed by atoms with Crippen LogP contribution in [-0.2, 0) is 6.54 Å². The fraction of sp³-hybridized carbons (Fsp3) is 0.133. The van der Waals surface area contributed by atoms with E-state index in [1.165, 1.54) is 5.56 Å². The van der Waals surface area contributed by atoms with Crippen LogP contribution >= 0.6 is 22.7 Å². The molecule has 4 aromatic heterocycles. The first-order valence-corrected chi connectivity index (χ1v) is 8.67. The van der Waals surface area contributed by atoms with Crippen LogP contribution in [0.3, 0.4) is 0 Å². The fourth-order valence-corrected chi connectivity index (χ4v) is 3.59. The van der Waals surface area contributed by atoms with Crippen LogP contribution in [-0.4, -0.2) is 26.9 Å². The largest absolute Gasteiger partial charge is 0.354 e. The predicted molar refractivity (Wildman–Crippen MR) is 90.5 cm³/mol. The summed E-state index contributed by atoms with van der Waals surface area (Å²) in [6.07, 6.45) is 0. The summed E-state index contributed by atoms with van der Waals surface area (Å²) in [6.45, 7) is 0.831. The zero-order valence-corrected chi connectivity index (χ0v) is 13.5. The van der Waals surface area contributed by atoms with Gasteiger partial charge in [0.15, 0.2) is 11.5 Å². The summed E-state index contributed by atoms with van der Waals surface area (Å²) in [5, 5.41) is 21.5. The monoisotopic (exact) mass is 327 g/mol. The second-order valence-corrected chi connectivity index (χ2v) is 6.54. The average Bonchev–Trinajstić information content (AvgIpc) is 3.27. The second kappa shape index (κ2) is 5.51. The third kappa shape index (κ3) is 2.38. The molecule has 0 N–H and O–H groups in total. The highest BCUT2D eigenvalue weighted by Gasteiger charge is 2.12. The van der Waals surface area contributed by atoms with Gasteiger partial charge in [-0.25, -0.2) is 0 Å². The molecular weight excluding hydrogens is 314 g/mol. The third-order valence-electron chi connectivity index (χ3n) is 3.42. The summed E-state index contributed by atoms with van der Waals surface area (Å²) in [5.74, 6) is 1.68. The lowest BCUT2D eigenvalue weighted by Crippen LogP contribution is -2.18. The van der Waals surface area contributed by atoms with Crippen molar-refractivity contribution in [3.05, 3.63) is 51.3 Å². The number of hydrogen-bond donors (Lipinski definition) is 0. The van der Waals surface area contributed by atoms with Crippen LogP contribution in [0, 0.1) is 0 Å². The Balaban J connectivity index is 1.72. The number of nitrogens with zero attached hydrogens (tertiary/aromatic N) is 5. The smallest absolute Gasteiger partial charge is 0.186 e. The summed E-state index contributed by atoms with van der Waals surface area (Å²) in [5.41, 5.74) is 3.09. The fourth-order valence-electron chi connectivity index (χ4n) is 2.29. The molecule has 0 saturated heterocycles. The molecule has 0 spiro atoms. The molecular formula is C15H13N5S2. The van der Waals surface area contributed by atoms with E-state index in [4.69, 9.17) is 5.10 Å². The van der Waals surface area contributed by atoms with E-state index >= 15 is 0 Å². The normalized spacial score (nSPS) is 11.1. The Morgan fingerprint density at radius 3 is 2.68 bits per heavy atom. The highest BCUT2D eigenvalue weighted by molar-refractivity contribution is 7.08. The van der Waals surface area contributed by atoms with Crippen molar-refractivity contribution in [2.45, 2.75) is 6.54 Å². The molecule has 110 valence electrons. The van der Waals surface area contributed by atoms with Crippen LogP contribution in [0.4, 0.5) is 5.82 Å². The lowest BCUT2D eigenvalue weighted by Gasteiger charge is -2.17. The van der Waals surface area contributed by atoms with E-state index in [1.54, 1.807) is 22.7 Å². The molecule has 4 heterocycles. The lowest BCUT2D eigenvalue weighted by molar-refractivity contribution is 0.844. The molecule has 0 radical (unpaired) electrons. The molecule has 7 heteroatoms. The number of rotatable bonds is 4. The van der Waals surface area contributed by atoms with E-state index in [2.05, 4.69) is 37.3 Å². The zero-order chi connectivity index (χ0) is 14.9. The van der Waals surface area contributed by atoms with Gasteiger partial charge < -0.3 is 4.90 Å². The van der Waals surface area contributed by atoms with Gasteiger partial charge in [0.2, 0.25) is 0 Å². The minimum atomic E-state index is 0.758. The van der Waals surface area contributed by atoms with Crippen molar-refractivity contribution >= 4 is 34.1 Å². The number of fused-ring (bicyclic) bond motifs is 1. The van der Waals surface area contributed by atoms with Gasteiger partial charge in [0.05, 0.1) is 0 Å². The molecule has 22 heavy (non-hydrogen) atoms. The third-order valence-corrected chi connectivity index (χ3v) is 4.83. The van der Waals surface area contributed by atoms with Crippen molar-refractivity contribution in [1.29, 1.82) is 0 Å². The molecule has 0 atom stereocenters. The Kier molecular flexibility index (Phi) is 3.36. The summed E-state index contributed by atoms with van der Waals surface area (Å²) in [4.78, 5) is 2.12. The zero-order valence-electron chi connectivity index (χ0n) is 11.9. The van der Waals surface area contributed by atoms with E-state index in [0.717, 1.165) is 29.4 Å². The van der Waals surface area contributed by atoms with Gasteiger partial charge in [0, 0.05) is 24.5 Å². The Morgan fingerprint density at radius 2 is 1.91 bits per heavy atom.